The summed E-state index contributed by atoms with van der Waals surface area (Å²) < 4.78 is 49.1. The van der Waals surface area contributed by atoms with Crippen LogP contribution < -0.4 is 9.64 Å². The number of aromatic nitrogens is 1. The van der Waals surface area contributed by atoms with Crippen molar-refractivity contribution in [3.63, 3.8) is 0 Å². The number of fused-ring (bicyclic) bond motifs is 1. The molecule has 1 amide bonds. The van der Waals surface area contributed by atoms with Crippen molar-refractivity contribution in [3.05, 3.63) is 53.4 Å². The first-order valence-corrected chi connectivity index (χ1v) is 9.42. The standard InChI is InChI=1S/C21H20F3N3O3/c1-13-16-11-15(29-2)4-5-17(16)30-19(13)20(28)27-9-7-26(8-10-27)18-6-3-14(12-25-18)21(22,23)24/h3-6,11-12H,7-10H2,1-2H3. The van der Waals surface area contributed by atoms with Crippen LogP contribution in [0.5, 0.6) is 5.75 Å². The van der Waals surface area contributed by atoms with E-state index in [1.165, 1.54) is 6.07 Å². The number of methoxy groups -OCH3 is 1. The molecule has 4 rings (SSSR count). The van der Waals surface area contributed by atoms with Gasteiger partial charge in [-0.2, -0.15) is 13.2 Å². The number of amides is 1. The first-order chi connectivity index (χ1) is 14.3. The quantitative estimate of drug-likeness (QED) is 0.639. The second-order valence-corrected chi connectivity index (χ2v) is 7.10. The Hall–Kier alpha value is -3.23. The van der Waals surface area contributed by atoms with E-state index in [-0.39, 0.29) is 5.91 Å². The molecule has 2 aromatic heterocycles. The van der Waals surface area contributed by atoms with Crippen molar-refractivity contribution in [2.45, 2.75) is 13.1 Å². The number of alkyl halides is 3. The molecule has 1 aliphatic heterocycles. The van der Waals surface area contributed by atoms with Crippen molar-refractivity contribution in [2.75, 3.05) is 38.2 Å². The van der Waals surface area contributed by atoms with E-state index in [0.717, 1.165) is 23.2 Å². The fraction of sp³-hybridized carbons (Fsp3) is 0.333. The molecule has 3 aromatic rings. The number of aryl methyl sites for hydroxylation is 1. The predicted octanol–water partition coefficient (Wildman–Crippen LogP) is 4.13. The molecule has 158 valence electrons. The molecule has 1 aromatic carbocycles. The third-order valence-corrected chi connectivity index (χ3v) is 5.30. The lowest BCUT2D eigenvalue weighted by Gasteiger charge is -2.35. The van der Waals surface area contributed by atoms with E-state index in [9.17, 15) is 18.0 Å². The Morgan fingerprint density at radius 3 is 2.47 bits per heavy atom. The van der Waals surface area contributed by atoms with Gasteiger partial charge in [-0.05, 0) is 37.3 Å². The van der Waals surface area contributed by atoms with E-state index in [4.69, 9.17) is 9.15 Å². The van der Waals surface area contributed by atoms with Crippen LogP contribution >= 0.6 is 0 Å². The lowest BCUT2D eigenvalue weighted by Crippen LogP contribution is -2.49. The molecule has 0 bridgehead atoms. The van der Waals surface area contributed by atoms with Crippen molar-refractivity contribution < 1.29 is 27.1 Å². The fourth-order valence-corrected chi connectivity index (χ4v) is 3.55. The number of rotatable bonds is 3. The molecular weight excluding hydrogens is 399 g/mol. The minimum atomic E-state index is -4.41. The van der Waals surface area contributed by atoms with Crippen molar-refractivity contribution in [2.24, 2.45) is 0 Å². The first-order valence-electron chi connectivity index (χ1n) is 9.42. The summed E-state index contributed by atoms with van der Waals surface area (Å²) in [4.78, 5) is 20.5. The molecule has 0 aliphatic carbocycles. The van der Waals surface area contributed by atoms with Crippen LogP contribution in [0, 0.1) is 6.92 Å². The van der Waals surface area contributed by atoms with Gasteiger partial charge >= 0.3 is 6.18 Å². The van der Waals surface area contributed by atoms with Crippen molar-refractivity contribution in [1.29, 1.82) is 0 Å². The highest BCUT2D eigenvalue weighted by molar-refractivity contribution is 5.99. The maximum absolute atomic E-state index is 13.0. The third-order valence-electron chi connectivity index (χ3n) is 5.30. The summed E-state index contributed by atoms with van der Waals surface area (Å²) in [5, 5.41) is 0.824. The van der Waals surface area contributed by atoms with E-state index < -0.39 is 11.7 Å². The van der Waals surface area contributed by atoms with Crippen LogP contribution in [-0.4, -0.2) is 49.1 Å². The second-order valence-electron chi connectivity index (χ2n) is 7.10. The lowest BCUT2D eigenvalue weighted by molar-refractivity contribution is -0.137. The number of halogens is 3. The smallest absolute Gasteiger partial charge is 0.417 e. The average molecular weight is 419 g/mol. The molecule has 3 heterocycles. The van der Waals surface area contributed by atoms with Crippen LogP contribution in [0.2, 0.25) is 0 Å². The van der Waals surface area contributed by atoms with Crippen LogP contribution in [-0.2, 0) is 6.18 Å². The zero-order valence-corrected chi connectivity index (χ0v) is 16.5. The lowest BCUT2D eigenvalue weighted by atomic mass is 10.1. The Labute approximate surface area is 170 Å². The summed E-state index contributed by atoms with van der Waals surface area (Å²) in [7, 11) is 1.58. The zero-order valence-electron chi connectivity index (χ0n) is 16.5. The fourth-order valence-electron chi connectivity index (χ4n) is 3.55. The van der Waals surface area contributed by atoms with Crippen LogP contribution in [0.3, 0.4) is 0 Å². The highest BCUT2D eigenvalue weighted by Gasteiger charge is 2.31. The summed E-state index contributed by atoms with van der Waals surface area (Å²) in [6, 6.07) is 7.75. The van der Waals surface area contributed by atoms with E-state index in [1.807, 2.05) is 17.9 Å². The molecule has 0 N–H and O–H groups in total. The SMILES string of the molecule is COc1ccc2oc(C(=O)N3CCN(c4ccc(C(F)(F)F)cn4)CC3)c(C)c2c1. The molecule has 0 radical (unpaired) electrons. The minimum absolute atomic E-state index is 0.206. The monoisotopic (exact) mass is 419 g/mol. The highest BCUT2D eigenvalue weighted by atomic mass is 19.4. The maximum Gasteiger partial charge on any atom is 0.417 e. The number of piperazine rings is 1. The molecule has 0 unspecified atom stereocenters. The Kier molecular flexibility index (Phi) is 5.05. The Bertz CT molecular complexity index is 1070. The predicted molar refractivity (Wildman–Crippen MR) is 105 cm³/mol. The number of benzene rings is 1. The summed E-state index contributed by atoms with van der Waals surface area (Å²) >= 11 is 0. The molecule has 1 fully saturated rings. The number of nitrogens with zero attached hydrogens (tertiary/aromatic N) is 3. The number of ether oxygens (including phenoxy) is 1. The van der Waals surface area contributed by atoms with Gasteiger partial charge in [0.05, 0.1) is 12.7 Å². The number of hydrogen-bond donors (Lipinski definition) is 0. The third kappa shape index (κ3) is 3.67. The van der Waals surface area contributed by atoms with Crippen molar-refractivity contribution in [3.8, 4) is 5.75 Å². The average Bonchev–Trinajstić information content (AvgIpc) is 3.08. The topological polar surface area (TPSA) is 58.8 Å². The van der Waals surface area contributed by atoms with Gasteiger partial charge in [0.25, 0.3) is 5.91 Å². The number of anilines is 1. The number of furan rings is 1. The van der Waals surface area contributed by atoms with E-state index in [2.05, 4.69) is 4.98 Å². The van der Waals surface area contributed by atoms with Crippen LogP contribution in [0.25, 0.3) is 11.0 Å². The number of hydrogen-bond acceptors (Lipinski definition) is 5. The molecule has 0 atom stereocenters. The van der Waals surface area contributed by atoms with E-state index in [1.54, 1.807) is 24.1 Å². The largest absolute Gasteiger partial charge is 0.497 e. The van der Waals surface area contributed by atoms with Crippen molar-refractivity contribution in [1.82, 2.24) is 9.88 Å². The molecular formula is C21H20F3N3O3. The highest BCUT2D eigenvalue weighted by Crippen LogP contribution is 2.31. The van der Waals surface area contributed by atoms with Crippen LogP contribution in [0.15, 0.2) is 40.9 Å². The van der Waals surface area contributed by atoms with Gasteiger partial charge < -0.3 is 19.0 Å². The normalized spacial score (nSPS) is 15.0. The maximum atomic E-state index is 13.0. The molecule has 1 saturated heterocycles. The number of carbonyl (C=O) groups excluding carboxylic acids is 1. The number of pyridine rings is 1. The first kappa shape index (κ1) is 20.1. The van der Waals surface area contributed by atoms with Crippen LogP contribution in [0.1, 0.15) is 21.7 Å². The van der Waals surface area contributed by atoms with Gasteiger partial charge in [-0.15, -0.1) is 0 Å². The Morgan fingerprint density at radius 2 is 1.87 bits per heavy atom. The van der Waals surface area contributed by atoms with E-state index in [0.29, 0.717) is 49.1 Å². The van der Waals surface area contributed by atoms with Gasteiger partial charge in [-0.1, -0.05) is 0 Å². The zero-order chi connectivity index (χ0) is 21.5. The summed E-state index contributed by atoms with van der Waals surface area (Å²) in [6.45, 7) is 3.61. The minimum Gasteiger partial charge on any atom is -0.497 e. The molecule has 0 saturated carbocycles. The van der Waals surface area contributed by atoms with Gasteiger partial charge in [0.15, 0.2) is 5.76 Å². The Morgan fingerprint density at radius 1 is 1.13 bits per heavy atom. The van der Waals surface area contributed by atoms with Gasteiger partial charge in [0, 0.05) is 43.3 Å². The molecule has 30 heavy (non-hydrogen) atoms. The van der Waals surface area contributed by atoms with Crippen LogP contribution in [0.4, 0.5) is 19.0 Å². The van der Waals surface area contributed by atoms with Gasteiger partial charge in [-0.3, -0.25) is 4.79 Å². The summed E-state index contributed by atoms with van der Waals surface area (Å²) in [5.74, 6) is 1.23. The van der Waals surface area contributed by atoms with E-state index >= 15 is 0 Å². The Balaban J connectivity index is 1.46. The molecule has 0 spiro atoms. The van der Waals surface area contributed by atoms with Gasteiger partial charge in [0.1, 0.15) is 17.2 Å². The second kappa shape index (κ2) is 7.55. The summed E-state index contributed by atoms with van der Waals surface area (Å²) in [6.07, 6.45) is -3.58. The van der Waals surface area contributed by atoms with Gasteiger partial charge in [-0.25, -0.2) is 4.98 Å². The van der Waals surface area contributed by atoms with Crippen molar-refractivity contribution >= 4 is 22.7 Å². The summed E-state index contributed by atoms with van der Waals surface area (Å²) in [5.41, 5.74) is 0.585. The molecule has 6 nitrogen and oxygen atoms in total. The number of carbonyl (C=O) groups is 1. The molecule has 1 aliphatic rings. The molecule has 9 heteroatoms. The van der Waals surface area contributed by atoms with Gasteiger partial charge in [0.2, 0.25) is 0 Å².